The molecule has 0 spiro atoms. The number of nitrogens with one attached hydrogen (secondary N) is 1. The summed E-state index contributed by atoms with van der Waals surface area (Å²) in [5.74, 6) is -0.619. The molecule has 0 saturated heterocycles. The van der Waals surface area contributed by atoms with Gasteiger partial charge in [0.1, 0.15) is 10.6 Å². The van der Waals surface area contributed by atoms with Crippen molar-refractivity contribution in [3.63, 3.8) is 0 Å². The van der Waals surface area contributed by atoms with E-state index in [-0.39, 0.29) is 16.3 Å². The number of aryl methyl sites for hydroxylation is 3. The highest BCUT2D eigenvalue weighted by Gasteiger charge is 2.24. The molecule has 0 aliphatic heterocycles. The fraction of sp³-hybridized carbons (Fsp3) is 0.333. The summed E-state index contributed by atoms with van der Waals surface area (Å²) in [6.45, 7) is 9.91. The first-order valence-corrected chi connectivity index (χ1v) is 11.9. The molecule has 0 radical (unpaired) electrons. The average molecular weight is 448 g/mol. The van der Waals surface area contributed by atoms with Gasteiger partial charge in [-0.15, -0.1) is 11.3 Å². The number of sulfonamides is 1. The Bertz CT molecular complexity index is 1230. The van der Waals surface area contributed by atoms with Crippen molar-refractivity contribution in [2.75, 3.05) is 18.4 Å². The van der Waals surface area contributed by atoms with Crippen molar-refractivity contribution >= 4 is 43.2 Å². The lowest BCUT2D eigenvalue weighted by Gasteiger charge is -2.19. The van der Waals surface area contributed by atoms with E-state index in [4.69, 9.17) is 0 Å². The van der Waals surface area contributed by atoms with E-state index in [1.165, 1.54) is 33.8 Å². The summed E-state index contributed by atoms with van der Waals surface area (Å²) in [5.41, 5.74) is 2.77. The van der Waals surface area contributed by atoms with Crippen molar-refractivity contribution < 1.29 is 18.3 Å². The standard InChI is InChI=1S/C21H25N3O4S2/c1-6-24(7-2)30(27,28)15-8-9-17(25)16(11-15)23-20(26)19-14(5)18-12(3)10-13(4)22-21(18)29-19/h8-11,25H,6-7H2,1-5H3,(H,23,26). The van der Waals surface area contributed by atoms with Gasteiger partial charge in [-0.3, -0.25) is 4.79 Å². The van der Waals surface area contributed by atoms with Gasteiger partial charge in [0, 0.05) is 24.2 Å². The van der Waals surface area contributed by atoms with Gasteiger partial charge in [0.2, 0.25) is 10.0 Å². The average Bonchev–Trinajstić information content (AvgIpc) is 3.00. The minimum atomic E-state index is -3.72. The second-order valence-corrected chi connectivity index (χ2v) is 9.98. The minimum absolute atomic E-state index is 0.0144. The number of aromatic hydroxyl groups is 1. The van der Waals surface area contributed by atoms with Crippen molar-refractivity contribution in [2.45, 2.75) is 39.5 Å². The van der Waals surface area contributed by atoms with Gasteiger partial charge < -0.3 is 10.4 Å². The molecule has 0 unspecified atom stereocenters. The number of nitrogens with zero attached hydrogens (tertiary/aromatic N) is 2. The highest BCUT2D eigenvalue weighted by molar-refractivity contribution is 7.89. The van der Waals surface area contributed by atoms with Crippen molar-refractivity contribution in [1.82, 2.24) is 9.29 Å². The quantitative estimate of drug-likeness (QED) is 0.552. The zero-order valence-corrected chi connectivity index (χ0v) is 19.2. The number of anilines is 1. The van der Waals surface area contributed by atoms with Crippen molar-refractivity contribution in [2.24, 2.45) is 0 Å². The summed E-state index contributed by atoms with van der Waals surface area (Å²) in [5, 5.41) is 13.8. The van der Waals surface area contributed by atoms with Crippen LogP contribution in [0.4, 0.5) is 5.69 Å². The van der Waals surface area contributed by atoms with E-state index in [9.17, 15) is 18.3 Å². The molecule has 0 fully saturated rings. The summed E-state index contributed by atoms with van der Waals surface area (Å²) >= 11 is 1.28. The number of fused-ring (bicyclic) bond motifs is 1. The summed E-state index contributed by atoms with van der Waals surface area (Å²) in [6, 6.07) is 5.87. The Kier molecular flexibility index (Phi) is 6.16. The summed E-state index contributed by atoms with van der Waals surface area (Å²) < 4.78 is 26.9. The lowest BCUT2D eigenvalue weighted by Crippen LogP contribution is -2.30. The van der Waals surface area contributed by atoms with E-state index < -0.39 is 15.9 Å². The Morgan fingerprint density at radius 3 is 2.47 bits per heavy atom. The fourth-order valence-corrected chi connectivity index (χ4v) is 6.19. The third-order valence-electron chi connectivity index (χ3n) is 4.99. The normalized spacial score (nSPS) is 11.9. The van der Waals surface area contributed by atoms with Crippen LogP contribution in [0.2, 0.25) is 0 Å². The Labute approximate surface area is 180 Å². The van der Waals surface area contributed by atoms with Gasteiger partial charge in [-0.1, -0.05) is 13.8 Å². The predicted molar refractivity (Wildman–Crippen MR) is 120 cm³/mol. The number of benzene rings is 1. The second-order valence-electron chi connectivity index (χ2n) is 7.04. The molecule has 7 nitrogen and oxygen atoms in total. The molecule has 2 N–H and O–H groups in total. The number of phenols is 1. The molecule has 2 aromatic heterocycles. The van der Waals surface area contributed by atoms with Gasteiger partial charge in [-0.2, -0.15) is 4.31 Å². The summed E-state index contributed by atoms with van der Waals surface area (Å²) in [7, 11) is -3.72. The maximum Gasteiger partial charge on any atom is 0.266 e. The van der Waals surface area contributed by atoms with E-state index in [2.05, 4.69) is 10.3 Å². The van der Waals surface area contributed by atoms with Crippen LogP contribution >= 0.6 is 11.3 Å². The first-order valence-electron chi connectivity index (χ1n) is 9.62. The Hall–Kier alpha value is -2.49. The van der Waals surface area contributed by atoms with Crippen molar-refractivity contribution in [3.8, 4) is 5.75 Å². The molecule has 1 aromatic carbocycles. The number of hydrogen-bond acceptors (Lipinski definition) is 6. The Morgan fingerprint density at radius 1 is 1.17 bits per heavy atom. The minimum Gasteiger partial charge on any atom is -0.506 e. The number of aromatic nitrogens is 1. The van der Waals surface area contributed by atoms with Crippen LogP contribution in [-0.2, 0) is 10.0 Å². The van der Waals surface area contributed by atoms with Crippen LogP contribution in [-0.4, -0.2) is 41.8 Å². The van der Waals surface area contributed by atoms with Gasteiger partial charge in [-0.05, 0) is 56.2 Å². The Balaban J connectivity index is 1.99. The van der Waals surface area contributed by atoms with Gasteiger partial charge in [-0.25, -0.2) is 13.4 Å². The lowest BCUT2D eigenvalue weighted by atomic mass is 10.1. The largest absolute Gasteiger partial charge is 0.506 e. The van der Waals surface area contributed by atoms with Gasteiger partial charge in [0.25, 0.3) is 5.91 Å². The van der Waals surface area contributed by atoms with Crippen LogP contribution in [0.15, 0.2) is 29.2 Å². The molecule has 3 aromatic rings. The van der Waals surface area contributed by atoms with E-state index >= 15 is 0 Å². The smallest absolute Gasteiger partial charge is 0.266 e. The van der Waals surface area contributed by atoms with Crippen LogP contribution in [0, 0.1) is 20.8 Å². The number of hydrogen-bond donors (Lipinski definition) is 2. The number of phenolic OH excluding ortho intramolecular Hbond substituents is 1. The third kappa shape index (κ3) is 3.92. The molecular formula is C21H25N3O4S2. The monoisotopic (exact) mass is 447 g/mol. The summed E-state index contributed by atoms with van der Waals surface area (Å²) in [4.78, 5) is 18.7. The molecule has 1 amide bonds. The number of rotatable bonds is 6. The van der Waals surface area contributed by atoms with Crippen molar-refractivity contribution in [1.29, 1.82) is 0 Å². The molecular weight excluding hydrogens is 422 g/mol. The number of carbonyl (C=O) groups is 1. The van der Waals surface area contributed by atoms with Crippen LogP contribution in [0.3, 0.4) is 0 Å². The Morgan fingerprint density at radius 2 is 1.83 bits per heavy atom. The molecule has 0 saturated carbocycles. The molecule has 0 aliphatic rings. The zero-order chi connectivity index (χ0) is 22.2. The van der Waals surface area contributed by atoms with Crippen LogP contribution in [0.5, 0.6) is 5.75 Å². The lowest BCUT2D eigenvalue weighted by molar-refractivity contribution is 0.102. The van der Waals surface area contributed by atoms with Gasteiger partial charge >= 0.3 is 0 Å². The molecule has 2 heterocycles. The number of amides is 1. The number of thiophene rings is 1. The third-order valence-corrected chi connectivity index (χ3v) is 8.22. The van der Waals surface area contributed by atoms with Crippen LogP contribution in [0.25, 0.3) is 10.2 Å². The van der Waals surface area contributed by atoms with Gasteiger partial charge in [0.15, 0.2) is 0 Å². The van der Waals surface area contributed by atoms with E-state index in [0.717, 1.165) is 27.0 Å². The predicted octanol–water partition coefficient (Wildman–Crippen LogP) is 4.21. The van der Waals surface area contributed by atoms with Crippen LogP contribution < -0.4 is 5.32 Å². The maximum atomic E-state index is 13.0. The first-order chi connectivity index (χ1) is 14.1. The SMILES string of the molecule is CCN(CC)S(=O)(=O)c1ccc(O)c(NC(=O)c2sc3nc(C)cc(C)c3c2C)c1. The number of carbonyl (C=O) groups excluding carboxylic acids is 1. The molecule has 3 rings (SSSR count). The maximum absolute atomic E-state index is 13.0. The molecule has 160 valence electrons. The van der Waals surface area contributed by atoms with Gasteiger partial charge in [0.05, 0.1) is 15.5 Å². The summed E-state index contributed by atoms with van der Waals surface area (Å²) in [6.07, 6.45) is 0. The van der Waals surface area contributed by atoms with E-state index in [1.54, 1.807) is 13.8 Å². The van der Waals surface area contributed by atoms with Crippen molar-refractivity contribution in [3.05, 3.63) is 46.0 Å². The molecule has 30 heavy (non-hydrogen) atoms. The number of pyridine rings is 1. The molecule has 9 heteroatoms. The molecule has 0 atom stereocenters. The molecule has 0 aliphatic carbocycles. The fourth-order valence-electron chi connectivity index (χ4n) is 3.50. The van der Waals surface area contributed by atoms with Crippen LogP contribution in [0.1, 0.15) is 40.3 Å². The van der Waals surface area contributed by atoms with E-state index in [0.29, 0.717) is 18.0 Å². The second kappa shape index (κ2) is 8.33. The molecule has 0 bridgehead atoms. The highest BCUT2D eigenvalue weighted by Crippen LogP contribution is 2.34. The first kappa shape index (κ1) is 22.2. The topological polar surface area (TPSA) is 99.6 Å². The zero-order valence-electron chi connectivity index (χ0n) is 17.6. The van der Waals surface area contributed by atoms with E-state index in [1.807, 2.05) is 26.8 Å². The highest BCUT2D eigenvalue weighted by atomic mass is 32.2.